The van der Waals surface area contributed by atoms with Gasteiger partial charge in [0.05, 0.1) is 0 Å². The molecule has 0 bridgehead atoms. The number of carbonyl (C=O) groups excluding carboxylic acids is 1. The van der Waals surface area contributed by atoms with Crippen LogP contribution >= 0.6 is 15.9 Å². The average molecular weight is 456 g/mol. The van der Waals surface area contributed by atoms with E-state index < -0.39 is 11.7 Å². The third-order valence-electron chi connectivity index (χ3n) is 5.52. The minimum atomic E-state index is -0.571. The van der Waals surface area contributed by atoms with Crippen molar-refractivity contribution in [1.82, 2.24) is 0 Å². The highest BCUT2D eigenvalue weighted by molar-refractivity contribution is 9.10. The number of carbonyl (C=O) groups is 1. The smallest absolute Gasteiger partial charge is 0.266 e. The lowest BCUT2D eigenvalue weighted by molar-refractivity contribution is -0.112. The number of anilines is 2. The Labute approximate surface area is 179 Å². The molecule has 0 fully saturated rings. The lowest BCUT2D eigenvalue weighted by Gasteiger charge is -2.45. The summed E-state index contributed by atoms with van der Waals surface area (Å²) in [4.78, 5) is 14.6. The summed E-state index contributed by atoms with van der Waals surface area (Å²) in [7, 11) is 1.96. The summed E-state index contributed by atoms with van der Waals surface area (Å²) in [5.74, 6) is -0.783. The number of amides is 1. The van der Waals surface area contributed by atoms with Crippen LogP contribution in [-0.2, 0) is 4.79 Å². The number of nitrogens with one attached hydrogen (secondary N) is 1. The van der Waals surface area contributed by atoms with Crippen LogP contribution in [0.2, 0.25) is 0 Å². The van der Waals surface area contributed by atoms with Crippen LogP contribution < -0.4 is 10.2 Å². The molecule has 1 atom stereocenters. The first-order chi connectivity index (χ1) is 13.6. The van der Waals surface area contributed by atoms with Gasteiger partial charge in [0.15, 0.2) is 0 Å². The van der Waals surface area contributed by atoms with Gasteiger partial charge in [0.25, 0.3) is 5.91 Å². The van der Waals surface area contributed by atoms with Gasteiger partial charge in [0.1, 0.15) is 17.5 Å². The van der Waals surface area contributed by atoms with Crippen LogP contribution in [-0.4, -0.2) is 18.5 Å². The van der Waals surface area contributed by atoms with Crippen molar-refractivity contribution < 1.29 is 9.18 Å². The van der Waals surface area contributed by atoms with Crippen LogP contribution in [0.15, 0.2) is 46.4 Å². The van der Waals surface area contributed by atoms with Gasteiger partial charge >= 0.3 is 0 Å². The van der Waals surface area contributed by atoms with Crippen molar-refractivity contribution >= 4 is 39.3 Å². The maximum atomic E-state index is 14.8. The van der Waals surface area contributed by atoms with Crippen LogP contribution in [0.25, 0.3) is 6.08 Å². The second-order valence-corrected chi connectivity index (χ2v) is 8.96. The number of hydrogen-bond donors (Lipinski definition) is 1. The normalized spacial score (nSPS) is 18.0. The number of nitriles is 1. The van der Waals surface area contributed by atoms with E-state index in [1.165, 1.54) is 12.1 Å². The lowest BCUT2D eigenvalue weighted by atomic mass is 9.80. The van der Waals surface area contributed by atoms with Gasteiger partial charge in [-0.15, -0.1) is 0 Å². The molecule has 3 rings (SSSR count). The standard InChI is InChI=1S/C23H23BrFN3O/c1-14-12-23(2,3)28(4)21-11-20(25)15(10-19(14)21)9-16(13-26)22(29)27-18-7-5-17(24)6-8-18/h5-11,14H,12H2,1-4H3,(H,27,29)/b16-9+. The van der Waals surface area contributed by atoms with Gasteiger partial charge in [-0.25, -0.2) is 4.39 Å². The van der Waals surface area contributed by atoms with Crippen molar-refractivity contribution in [3.05, 3.63) is 63.4 Å². The Kier molecular flexibility index (Phi) is 5.81. The molecule has 0 radical (unpaired) electrons. The molecule has 2 aromatic rings. The summed E-state index contributed by atoms with van der Waals surface area (Å²) in [6.07, 6.45) is 2.25. The Balaban J connectivity index is 1.94. The fourth-order valence-electron chi connectivity index (χ4n) is 3.75. The van der Waals surface area contributed by atoms with Gasteiger partial charge in [0, 0.05) is 34.0 Å². The Morgan fingerprint density at radius 3 is 2.62 bits per heavy atom. The molecule has 6 heteroatoms. The number of hydrogen-bond acceptors (Lipinski definition) is 3. The number of halogens is 2. The summed E-state index contributed by atoms with van der Waals surface area (Å²) >= 11 is 3.33. The van der Waals surface area contributed by atoms with Gasteiger partial charge in [0.2, 0.25) is 0 Å². The number of benzene rings is 2. The summed E-state index contributed by atoms with van der Waals surface area (Å²) in [5, 5.41) is 12.1. The molecular weight excluding hydrogens is 433 g/mol. The number of fused-ring (bicyclic) bond motifs is 1. The van der Waals surface area contributed by atoms with Gasteiger partial charge in [-0.2, -0.15) is 5.26 Å². The molecule has 1 amide bonds. The fraction of sp³-hybridized carbons (Fsp3) is 0.304. The second kappa shape index (κ2) is 8.00. The van der Waals surface area contributed by atoms with E-state index in [1.807, 2.05) is 13.1 Å². The Morgan fingerprint density at radius 1 is 1.34 bits per heavy atom. The summed E-state index contributed by atoms with van der Waals surface area (Å²) < 4.78 is 15.7. The van der Waals surface area contributed by atoms with Crippen LogP contribution in [0.3, 0.4) is 0 Å². The molecule has 1 aliphatic heterocycles. The van der Waals surface area contributed by atoms with E-state index in [0.29, 0.717) is 5.69 Å². The topological polar surface area (TPSA) is 56.1 Å². The molecule has 0 aromatic heterocycles. The zero-order valence-corrected chi connectivity index (χ0v) is 18.5. The largest absolute Gasteiger partial charge is 0.369 e. The predicted molar refractivity (Wildman–Crippen MR) is 118 cm³/mol. The van der Waals surface area contributed by atoms with E-state index in [1.54, 1.807) is 30.3 Å². The summed E-state index contributed by atoms with van der Waals surface area (Å²) in [6.45, 7) is 6.39. The van der Waals surface area contributed by atoms with Gasteiger partial charge in [-0.3, -0.25) is 4.79 Å². The highest BCUT2D eigenvalue weighted by Crippen LogP contribution is 2.43. The van der Waals surface area contributed by atoms with Crippen molar-refractivity contribution in [3.8, 4) is 6.07 Å². The number of rotatable bonds is 3. The predicted octanol–water partition coefficient (Wildman–Crippen LogP) is 5.86. The lowest BCUT2D eigenvalue weighted by Crippen LogP contribution is -2.45. The minimum absolute atomic E-state index is 0.0708. The first-order valence-electron chi connectivity index (χ1n) is 9.38. The van der Waals surface area contributed by atoms with Crippen molar-refractivity contribution in [2.24, 2.45) is 0 Å². The molecule has 1 aliphatic rings. The highest BCUT2D eigenvalue weighted by atomic mass is 79.9. The molecule has 1 N–H and O–H groups in total. The van der Waals surface area contributed by atoms with Crippen molar-refractivity contribution in [1.29, 1.82) is 5.26 Å². The molecule has 29 heavy (non-hydrogen) atoms. The monoisotopic (exact) mass is 455 g/mol. The first-order valence-corrected chi connectivity index (χ1v) is 10.2. The molecule has 0 saturated carbocycles. The van der Waals surface area contributed by atoms with Crippen LogP contribution in [0.4, 0.5) is 15.8 Å². The van der Waals surface area contributed by atoms with Crippen molar-refractivity contribution in [3.63, 3.8) is 0 Å². The van der Waals surface area contributed by atoms with E-state index in [2.05, 4.69) is 46.9 Å². The molecule has 0 aliphatic carbocycles. The quantitative estimate of drug-likeness (QED) is 0.465. The SMILES string of the molecule is CC1CC(C)(C)N(C)c2cc(F)c(/C=C(\C#N)C(=O)Nc3ccc(Br)cc3)cc21. The van der Waals surface area contributed by atoms with Crippen LogP contribution in [0, 0.1) is 17.1 Å². The first kappa shape index (κ1) is 21.1. The second-order valence-electron chi connectivity index (χ2n) is 8.04. The zero-order chi connectivity index (χ0) is 21.3. The molecule has 0 spiro atoms. The molecule has 150 valence electrons. The molecule has 0 saturated heterocycles. The van der Waals surface area contributed by atoms with Crippen LogP contribution in [0.1, 0.15) is 44.2 Å². The van der Waals surface area contributed by atoms with Crippen molar-refractivity contribution in [2.75, 3.05) is 17.3 Å². The van der Waals surface area contributed by atoms with E-state index in [0.717, 1.165) is 22.1 Å². The van der Waals surface area contributed by atoms with Crippen LogP contribution in [0.5, 0.6) is 0 Å². The van der Waals surface area contributed by atoms with Gasteiger partial charge in [-0.1, -0.05) is 22.9 Å². The minimum Gasteiger partial charge on any atom is -0.369 e. The molecule has 1 heterocycles. The third-order valence-corrected chi connectivity index (χ3v) is 6.05. The maximum absolute atomic E-state index is 14.8. The Morgan fingerprint density at radius 2 is 2.00 bits per heavy atom. The maximum Gasteiger partial charge on any atom is 0.266 e. The van der Waals surface area contributed by atoms with E-state index >= 15 is 0 Å². The average Bonchev–Trinajstić information content (AvgIpc) is 2.66. The van der Waals surface area contributed by atoms with E-state index in [9.17, 15) is 14.4 Å². The third kappa shape index (κ3) is 4.35. The summed E-state index contributed by atoms with van der Waals surface area (Å²) in [6, 6.07) is 12.1. The Bertz CT molecular complexity index is 1020. The molecule has 4 nitrogen and oxygen atoms in total. The van der Waals surface area contributed by atoms with E-state index in [4.69, 9.17) is 0 Å². The molecule has 2 aromatic carbocycles. The molecular formula is C23H23BrFN3O. The van der Waals surface area contributed by atoms with E-state index in [-0.39, 0.29) is 22.6 Å². The number of nitrogens with zero attached hydrogens (tertiary/aromatic N) is 2. The zero-order valence-electron chi connectivity index (χ0n) is 16.9. The fourth-order valence-corrected chi connectivity index (χ4v) is 4.02. The highest BCUT2D eigenvalue weighted by Gasteiger charge is 2.34. The molecule has 1 unspecified atom stereocenters. The van der Waals surface area contributed by atoms with Gasteiger partial charge < -0.3 is 10.2 Å². The summed E-state index contributed by atoms with van der Waals surface area (Å²) in [5.41, 5.74) is 2.45. The van der Waals surface area contributed by atoms with Crippen molar-refractivity contribution in [2.45, 2.75) is 38.6 Å². The van der Waals surface area contributed by atoms with Gasteiger partial charge in [-0.05, 0) is 74.2 Å². The Hall–Kier alpha value is -2.65.